The van der Waals surface area contributed by atoms with E-state index in [1.807, 2.05) is 0 Å². The van der Waals surface area contributed by atoms with E-state index in [1.54, 1.807) is 37.3 Å². The minimum atomic E-state index is -3.89. The Balaban J connectivity index is 1.50. The quantitative estimate of drug-likeness (QED) is 0.537. The van der Waals surface area contributed by atoms with Crippen LogP contribution in [0.5, 0.6) is 0 Å². The number of hydrogen-bond acceptors (Lipinski definition) is 7. The second-order valence-corrected chi connectivity index (χ2v) is 9.61. The van der Waals surface area contributed by atoms with Crippen molar-refractivity contribution < 1.29 is 22.4 Å². The number of hydrogen-bond donors (Lipinski definition) is 1. The SMILES string of the molecule is COC(=O)c1cc(S(=O)(=O)Nc2ccc(-c3nnc(C4CCCCC4)o3)cc2)ccc1C. The Bertz CT molecular complexity index is 1210. The zero-order valence-electron chi connectivity index (χ0n) is 18.0. The summed E-state index contributed by atoms with van der Waals surface area (Å²) in [5, 5.41) is 8.37. The van der Waals surface area contributed by atoms with Gasteiger partial charge in [0.15, 0.2) is 0 Å². The highest BCUT2D eigenvalue weighted by Gasteiger charge is 2.22. The van der Waals surface area contributed by atoms with Gasteiger partial charge in [-0.25, -0.2) is 13.2 Å². The summed E-state index contributed by atoms with van der Waals surface area (Å²) in [5.74, 6) is 0.822. The normalized spacial score (nSPS) is 14.8. The first-order valence-electron chi connectivity index (χ1n) is 10.5. The topological polar surface area (TPSA) is 111 Å². The lowest BCUT2D eigenvalue weighted by molar-refractivity contribution is 0.0599. The minimum absolute atomic E-state index is 0.0263. The van der Waals surface area contributed by atoms with E-state index in [-0.39, 0.29) is 10.5 Å². The van der Waals surface area contributed by atoms with Gasteiger partial charge in [0.2, 0.25) is 11.8 Å². The Labute approximate surface area is 187 Å². The van der Waals surface area contributed by atoms with Gasteiger partial charge in [0.1, 0.15) is 0 Å². The summed E-state index contributed by atoms with van der Waals surface area (Å²) in [4.78, 5) is 11.9. The molecule has 1 aliphatic rings. The number of rotatable bonds is 6. The van der Waals surface area contributed by atoms with Crippen LogP contribution in [0.4, 0.5) is 5.69 Å². The van der Waals surface area contributed by atoms with Crippen LogP contribution in [0.1, 0.15) is 59.8 Å². The molecule has 1 aliphatic carbocycles. The molecule has 1 fully saturated rings. The third kappa shape index (κ3) is 4.67. The highest BCUT2D eigenvalue weighted by atomic mass is 32.2. The van der Waals surface area contributed by atoms with E-state index >= 15 is 0 Å². The summed E-state index contributed by atoms with van der Waals surface area (Å²) in [6.45, 7) is 1.71. The molecule has 0 amide bonds. The molecule has 0 saturated heterocycles. The Hall–Kier alpha value is -3.20. The summed E-state index contributed by atoms with van der Waals surface area (Å²) >= 11 is 0. The molecule has 3 aromatic rings. The minimum Gasteiger partial charge on any atom is -0.465 e. The summed E-state index contributed by atoms with van der Waals surface area (Å²) in [7, 11) is -2.64. The lowest BCUT2D eigenvalue weighted by Gasteiger charge is -2.17. The predicted octanol–water partition coefficient (Wildman–Crippen LogP) is 4.68. The standard InChI is InChI=1S/C23H25N3O5S/c1-15-8-13-19(14-20(15)23(27)30-2)32(28,29)26-18-11-9-17(10-12-18)22-25-24-21(31-22)16-6-4-3-5-7-16/h8-14,16,26H,3-7H2,1-2H3. The van der Waals surface area contributed by atoms with Crippen molar-refractivity contribution >= 4 is 21.7 Å². The molecule has 1 aromatic heterocycles. The maximum atomic E-state index is 12.8. The molecule has 8 nitrogen and oxygen atoms in total. The van der Waals surface area contributed by atoms with Gasteiger partial charge in [-0.05, 0) is 61.7 Å². The Kier molecular flexibility index (Phi) is 6.27. The number of esters is 1. The van der Waals surface area contributed by atoms with Crippen LogP contribution in [-0.2, 0) is 14.8 Å². The molecule has 1 saturated carbocycles. The highest BCUT2D eigenvalue weighted by Crippen LogP contribution is 2.33. The van der Waals surface area contributed by atoms with Crippen LogP contribution >= 0.6 is 0 Å². The van der Waals surface area contributed by atoms with Gasteiger partial charge < -0.3 is 9.15 Å². The molecule has 0 spiro atoms. The first kappa shape index (κ1) is 22.0. The van der Waals surface area contributed by atoms with Crippen LogP contribution in [-0.4, -0.2) is 31.7 Å². The van der Waals surface area contributed by atoms with Crippen molar-refractivity contribution in [3.8, 4) is 11.5 Å². The van der Waals surface area contributed by atoms with E-state index in [9.17, 15) is 13.2 Å². The molecule has 0 aliphatic heterocycles. The summed E-state index contributed by atoms with van der Waals surface area (Å²) < 4.78 is 38.7. The molecule has 0 atom stereocenters. The summed E-state index contributed by atoms with van der Waals surface area (Å²) in [6.07, 6.45) is 5.75. The van der Waals surface area contributed by atoms with Crippen LogP contribution in [0, 0.1) is 6.92 Å². The number of benzene rings is 2. The molecule has 2 aromatic carbocycles. The third-order valence-electron chi connectivity index (χ3n) is 5.70. The molecule has 1 heterocycles. The van der Waals surface area contributed by atoms with Crippen molar-refractivity contribution in [2.24, 2.45) is 0 Å². The average molecular weight is 456 g/mol. The van der Waals surface area contributed by atoms with Gasteiger partial charge in [-0.2, -0.15) is 0 Å². The fourth-order valence-electron chi connectivity index (χ4n) is 3.86. The smallest absolute Gasteiger partial charge is 0.338 e. The number of nitrogens with one attached hydrogen (secondary N) is 1. The Morgan fingerprint density at radius 2 is 1.78 bits per heavy atom. The molecule has 9 heteroatoms. The highest BCUT2D eigenvalue weighted by molar-refractivity contribution is 7.92. The second-order valence-electron chi connectivity index (χ2n) is 7.93. The number of sulfonamides is 1. The number of anilines is 1. The fraction of sp³-hybridized carbons (Fsp3) is 0.348. The summed E-state index contributed by atoms with van der Waals surface area (Å²) in [6, 6.07) is 11.0. The van der Waals surface area contributed by atoms with Gasteiger partial charge in [0.25, 0.3) is 10.0 Å². The van der Waals surface area contributed by atoms with Crippen LogP contribution in [0.15, 0.2) is 51.8 Å². The number of carbonyl (C=O) groups is 1. The van der Waals surface area contributed by atoms with E-state index in [4.69, 9.17) is 9.15 Å². The lowest BCUT2D eigenvalue weighted by Crippen LogP contribution is -2.14. The van der Waals surface area contributed by atoms with E-state index < -0.39 is 16.0 Å². The molecule has 32 heavy (non-hydrogen) atoms. The first-order valence-corrected chi connectivity index (χ1v) is 12.0. The van der Waals surface area contributed by atoms with Crippen LogP contribution in [0.25, 0.3) is 11.5 Å². The number of carbonyl (C=O) groups excluding carboxylic acids is 1. The molecule has 4 rings (SSSR count). The van der Waals surface area contributed by atoms with Crippen molar-refractivity contribution in [2.75, 3.05) is 11.8 Å². The molecule has 0 radical (unpaired) electrons. The van der Waals surface area contributed by atoms with E-state index in [2.05, 4.69) is 14.9 Å². The third-order valence-corrected chi connectivity index (χ3v) is 7.08. The summed E-state index contributed by atoms with van der Waals surface area (Å²) in [5.41, 5.74) is 1.93. The monoisotopic (exact) mass is 455 g/mol. The zero-order chi connectivity index (χ0) is 22.7. The molecule has 168 valence electrons. The fourth-order valence-corrected chi connectivity index (χ4v) is 4.94. The van der Waals surface area contributed by atoms with Crippen molar-refractivity contribution in [3.63, 3.8) is 0 Å². The van der Waals surface area contributed by atoms with Gasteiger partial charge in [0.05, 0.1) is 17.6 Å². The van der Waals surface area contributed by atoms with Crippen LogP contribution < -0.4 is 4.72 Å². The first-order chi connectivity index (χ1) is 15.4. The predicted molar refractivity (Wildman–Crippen MR) is 119 cm³/mol. The van der Waals surface area contributed by atoms with Crippen LogP contribution in [0.2, 0.25) is 0 Å². The number of aryl methyl sites for hydroxylation is 1. The van der Waals surface area contributed by atoms with Gasteiger partial charge in [-0.15, -0.1) is 10.2 Å². The van der Waals surface area contributed by atoms with E-state index in [0.29, 0.717) is 34.5 Å². The molecule has 1 N–H and O–H groups in total. The largest absolute Gasteiger partial charge is 0.465 e. The van der Waals surface area contributed by atoms with E-state index in [1.165, 1.54) is 38.5 Å². The van der Waals surface area contributed by atoms with E-state index in [0.717, 1.165) is 12.8 Å². The molecular formula is C23H25N3O5S. The second kappa shape index (κ2) is 9.12. The average Bonchev–Trinajstić information content (AvgIpc) is 3.30. The van der Waals surface area contributed by atoms with Crippen molar-refractivity contribution in [1.29, 1.82) is 0 Å². The lowest BCUT2D eigenvalue weighted by atomic mass is 9.89. The number of nitrogens with zero attached hydrogens (tertiary/aromatic N) is 2. The van der Waals surface area contributed by atoms with Crippen LogP contribution in [0.3, 0.4) is 0 Å². The Morgan fingerprint density at radius 3 is 2.47 bits per heavy atom. The van der Waals surface area contributed by atoms with Gasteiger partial charge >= 0.3 is 5.97 Å². The maximum absolute atomic E-state index is 12.8. The number of aromatic nitrogens is 2. The van der Waals surface area contributed by atoms with Crippen molar-refractivity contribution in [1.82, 2.24) is 10.2 Å². The number of ether oxygens (including phenoxy) is 1. The molecular weight excluding hydrogens is 430 g/mol. The van der Waals surface area contributed by atoms with Gasteiger partial charge in [0, 0.05) is 17.2 Å². The van der Waals surface area contributed by atoms with Gasteiger partial charge in [-0.3, -0.25) is 4.72 Å². The Morgan fingerprint density at radius 1 is 1.06 bits per heavy atom. The van der Waals surface area contributed by atoms with Crippen molar-refractivity contribution in [2.45, 2.75) is 49.8 Å². The number of methoxy groups -OCH3 is 1. The van der Waals surface area contributed by atoms with Crippen molar-refractivity contribution in [3.05, 3.63) is 59.5 Å². The van der Waals surface area contributed by atoms with Gasteiger partial charge in [-0.1, -0.05) is 25.3 Å². The maximum Gasteiger partial charge on any atom is 0.338 e. The molecule has 0 bridgehead atoms. The molecule has 0 unspecified atom stereocenters. The zero-order valence-corrected chi connectivity index (χ0v) is 18.8.